The van der Waals surface area contributed by atoms with Crippen LogP contribution in [-0.2, 0) is 11.3 Å². The fourth-order valence-corrected chi connectivity index (χ4v) is 4.60. The van der Waals surface area contributed by atoms with Crippen molar-refractivity contribution in [1.29, 1.82) is 0 Å². The molecule has 0 spiro atoms. The SMILES string of the molecule is Cc1ccn(C[C@H](C)C(=O)N2CCC(c3ccc(C(=O)N4CCN(C)CC4)cn3)CC2)n1. The van der Waals surface area contributed by atoms with Gasteiger partial charge in [-0.1, -0.05) is 6.92 Å². The van der Waals surface area contributed by atoms with E-state index in [1.54, 1.807) is 6.20 Å². The van der Waals surface area contributed by atoms with E-state index in [9.17, 15) is 9.59 Å². The number of amides is 2. The predicted molar refractivity (Wildman–Crippen MR) is 122 cm³/mol. The highest BCUT2D eigenvalue weighted by Crippen LogP contribution is 2.27. The van der Waals surface area contributed by atoms with E-state index < -0.39 is 0 Å². The zero-order valence-corrected chi connectivity index (χ0v) is 19.4. The van der Waals surface area contributed by atoms with Crippen molar-refractivity contribution in [2.24, 2.45) is 5.92 Å². The number of rotatable bonds is 5. The second-order valence-electron chi connectivity index (χ2n) is 9.25. The second-order valence-corrected chi connectivity index (χ2v) is 9.25. The minimum atomic E-state index is -0.0937. The number of likely N-dealkylation sites (N-methyl/N-ethyl adjacent to an activating group) is 1. The second kappa shape index (κ2) is 9.81. The number of nitrogens with zero attached hydrogens (tertiary/aromatic N) is 6. The Balaban J connectivity index is 1.28. The maximum Gasteiger partial charge on any atom is 0.255 e. The average molecular weight is 439 g/mol. The Hall–Kier alpha value is -2.74. The first-order valence-electron chi connectivity index (χ1n) is 11.6. The Morgan fingerprint density at radius 3 is 2.34 bits per heavy atom. The summed E-state index contributed by atoms with van der Waals surface area (Å²) in [5.74, 6) is 0.497. The van der Waals surface area contributed by atoms with E-state index in [0.717, 1.165) is 63.5 Å². The number of carbonyl (C=O) groups is 2. The molecule has 0 aliphatic carbocycles. The molecule has 0 radical (unpaired) electrons. The number of pyridine rings is 1. The predicted octanol–water partition coefficient (Wildman–Crippen LogP) is 2.02. The van der Waals surface area contributed by atoms with Crippen molar-refractivity contribution < 1.29 is 9.59 Å². The molecule has 32 heavy (non-hydrogen) atoms. The molecule has 0 aromatic carbocycles. The molecule has 0 saturated carbocycles. The molecule has 0 unspecified atom stereocenters. The summed E-state index contributed by atoms with van der Waals surface area (Å²) in [6.45, 7) is 9.38. The number of likely N-dealkylation sites (tertiary alicyclic amines) is 1. The zero-order chi connectivity index (χ0) is 22.7. The number of carbonyl (C=O) groups excluding carboxylic acids is 2. The van der Waals surface area contributed by atoms with Crippen LogP contribution in [0.5, 0.6) is 0 Å². The molecule has 8 heteroatoms. The maximum atomic E-state index is 12.9. The lowest BCUT2D eigenvalue weighted by atomic mass is 9.92. The smallest absolute Gasteiger partial charge is 0.255 e. The van der Waals surface area contributed by atoms with Gasteiger partial charge in [0.2, 0.25) is 5.91 Å². The largest absolute Gasteiger partial charge is 0.342 e. The van der Waals surface area contributed by atoms with Gasteiger partial charge in [0.25, 0.3) is 5.91 Å². The summed E-state index contributed by atoms with van der Waals surface area (Å²) in [6.07, 6.45) is 5.45. The Morgan fingerprint density at radius 1 is 1.03 bits per heavy atom. The summed E-state index contributed by atoms with van der Waals surface area (Å²) < 4.78 is 1.85. The van der Waals surface area contributed by atoms with Gasteiger partial charge in [-0.05, 0) is 45.0 Å². The van der Waals surface area contributed by atoms with Crippen LogP contribution < -0.4 is 0 Å². The Bertz CT molecular complexity index is 924. The summed E-state index contributed by atoms with van der Waals surface area (Å²) in [5.41, 5.74) is 2.65. The molecule has 0 bridgehead atoms. The van der Waals surface area contributed by atoms with E-state index in [4.69, 9.17) is 0 Å². The first kappa shape index (κ1) is 22.5. The molecule has 2 aromatic heterocycles. The third-order valence-corrected chi connectivity index (χ3v) is 6.71. The monoisotopic (exact) mass is 438 g/mol. The van der Waals surface area contributed by atoms with Crippen LogP contribution in [0.3, 0.4) is 0 Å². The molecule has 2 aliphatic heterocycles. The molecule has 8 nitrogen and oxygen atoms in total. The van der Waals surface area contributed by atoms with Crippen LogP contribution in [0.2, 0.25) is 0 Å². The van der Waals surface area contributed by atoms with E-state index in [0.29, 0.717) is 18.0 Å². The highest BCUT2D eigenvalue weighted by Gasteiger charge is 2.28. The van der Waals surface area contributed by atoms with Gasteiger partial charge in [0.1, 0.15) is 0 Å². The third kappa shape index (κ3) is 5.18. The molecule has 1 atom stereocenters. The van der Waals surface area contributed by atoms with Crippen LogP contribution >= 0.6 is 0 Å². The van der Waals surface area contributed by atoms with E-state index >= 15 is 0 Å². The van der Waals surface area contributed by atoms with Crippen molar-refractivity contribution in [2.45, 2.75) is 39.2 Å². The van der Waals surface area contributed by atoms with E-state index in [1.807, 2.05) is 52.7 Å². The van der Waals surface area contributed by atoms with Crippen molar-refractivity contribution in [1.82, 2.24) is 29.5 Å². The van der Waals surface area contributed by atoms with Gasteiger partial charge in [-0.15, -0.1) is 0 Å². The quantitative estimate of drug-likeness (QED) is 0.714. The number of hydrogen-bond donors (Lipinski definition) is 0. The number of piperidine rings is 1. The Labute approximate surface area is 190 Å². The van der Waals surface area contributed by atoms with E-state index in [1.165, 1.54) is 0 Å². The van der Waals surface area contributed by atoms with Crippen LogP contribution in [0.1, 0.15) is 47.4 Å². The Kier molecular flexibility index (Phi) is 6.89. The number of aromatic nitrogens is 3. The number of piperazine rings is 1. The maximum absolute atomic E-state index is 12.9. The molecule has 2 fully saturated rings. The van der Waals surface area contributed by atoms with Crippen LogP contribution in [0.4, 0.5) is 0 Å². The molecule has 2 amide bonds. The van der Waals surface area contributed by atoms with E-state index in [2.05, 4.69) is 22.0 Å². The van der Waals surface area contributed by atoms with Crippen molar-refractivity contribution in [3.05, 3.63) is 47.5 Å². The Morgan fingerprint density at radius 2 is 1.75 bits per heavy atom. The molecule has 4 heterocycles. The molecule has 0 N–H and O–H groups in total. The molecular formula is C24H34N6O2. The van der Waals surface area contributed by atoms with Crippen LogP contribution in [0, 0.1) is 12.8 Å². The van der Waals surface area contributed by atoms with Crippen molar-refractivity contribution in [3.8, 4) is 0 Å². The fourth-order valence-electron chi connectivity index (χ4n) is 4.60. The standard InChI is InChI=1S/C24H34N6O2/c1-18(17-30-11-6-19(2)26-30)23(31)28-9-7-20(8-10-28)22-5-4-21(16-25-22)24(32)29-14-12-27(3)13-15-29/h4-6,11,16,18,20H,7-10,12-15,17H2,1-3H3/t18-/m0/s1. The van der Waals surface area contributed by atoms with Crippen LogP contribution in [-0.4, -0.2) is 87.6 Å². The van der Waals surface area contributed by atoms with Gasteiger partial charge < -0.3 is 14.7 Å². The summed E-state index contributed by atoms with van der Waals surface area (Å²) in [4.78, 5) is 36.3. The highest BCUT2D eigenvalue weighted by atomic mass is 16.2. The summed E-state index contributed by atoms with van der Waals surface area (Å²) >= 11 is 0. The third-order valence-electron chi connectivity index (χ3n) is 6.71. The van der Waals surface area contributed by atoms with Gasteiger partial charge in [0.15, 0.2) is 0 Å². The van der Waals surface area contributed by atoms with Crippen molar-refractivity contribution in [2.75, 3.05) is 46.3 Å². The topological polar surface area (TPSA) is 74.6 Å². The lowest BCUT2D eigenvalue weighted by Crippen LogP contribution is -2.47. The summed E-state index contributed by atoms with van der Waals surface area (Å²) in [6, 6.07) is 5.86. The lowest BCUT2D eigenvalue weighted by Gasteiger charge is -2.33. The van der Waals surface area contributed by atoms with Gasteiger partial charge in [0.05, 0.1) is 23.7 Å². The summed E-state index contributed by atoms with van der Waals surface area (Å²) in [5, 5.41) is 4.39. The first-order chi connectivity index (χ1) is 15.4. The molecule has 4 rings (SSSR count). The zero-order valence-electron chi connectivity index (χ0n) is 19.4. The van der Waals surface area contributed by atoms with Gasteiger partial charge in [-0.3, -0.25) is 19.3 Å². The lowest BCUT2D eigenvalue weighted by molar-refractivity contribution is -0.136. The van der Waals surface area contributed by atoms with Gasteiger partial charge in [-0.25, -0.2) is 0 Å². The minimum Gasteiger partial charge on any atom is -0.342 e. The fraction of sp³-hybridized carbons (Fsp3) is 0.583. The number of aryl methyl sites for hydroxylation is 1. The minimum absolute atomic E-state index is 0.0685. The highest BCUT2D eigenvalue weighted by molar-refractivity contribution is 5.94. The van der Waals surface area contributed by atoms with Gasteiger partial charge >= 0.3 is 0 Å². The molecule has 2 saturated heterocycles. The van der Waals surface area contributed by atoms with Crippen molar-refractivity contribution >= 4 is 11.8 Å². The molecule has 172 valence electrons. The number of hydrogen-bond acceptors (Lipinski definition) is 5. The average Bonchev–Trinajstić information content (AvgIpc) is 3.23. The van der Waals surface area contributed by atoms with Crippen LogP contribution in [0.25, 0.3) is 0 Å². The first-order valence-corrected chi connectivity index (χ1v) is 11.6. The van der Waals surface area contributed by atoms with Crippen molar-refractivity contribution in [3.63, 3.8) is 0 Å². The molecule has 2 aliphatic rings. The van der Waals surface area contributed by atoms with Gasteiger partial charge in [0, 0.05) is 63.3 Å². The molecule has 2 aromatic rings. The molecular weight excluding hydrogens is 404 g/mol. The summed E-state index contributed by atoms with van der Waals surface area (Å²) in [7, 11) is 2.08. The normalized spacial score (nSPS) is 19.2. The van der Waals surface area contributed by atoms with Gasteiger partial charge in [-0.2, -0.15) is 5.10 Å². The van der Waals surface area contributed by atoms with Crippen LogP contribution in [0.15, 0.2) is 30.6 Å². The van der Waals surface area contributed by atoms with E-state index in [-0.39, 0.29) is 17.7 Å².